The molecule has 0 saturated carbocycles. The van der Waals surface area contributed by atoms with Crippen LogP contribution in [0.4, 0.5) is 31.1 Å². The van der Waals surface area contributed by atoms with Crippen LogP contribution in [0.15, 0.2) is 24.3 Å². The van der Waals surface area contributed by atoms with Gasteiger partial charge in [0.15, 0.2) is 0 Å². The minimum absolute atomic E-state index is 0.126. The summed E-state index contributed by atoms with van der Waals surface area (Å²) in [6.07, 6.45) is -17.0. The van der Waals surface area contributed by atoms with Crippen LogP contribution in [0.2, 0.25) is 5.02 Å². The number of alkyl halides is 6. The molecular weight excluding hydrogens is 478 g/mol. The monoisotopic (exact) mass is 496 g/mol. The highest BCUT2D eigenvalue weighted by Gasteiger charge is 2.60. The number of hydrogen-bond acceptors (Lipinski definition) is 3. The van der Waals surface area contributed by atoms with Crippen LogP contribution in [0.3, 0.4) is 0 Å². The second-order valence-corrected chi connectivity index (χ2v) is 8.37. The summed E-state index contributed by atoms with van der Waals surface area (Å²) < 4.78 is 101. The molecule has 1 saturated heterocycles. The van der Waals surface area contributed by atoms with E-state index in [2.05, 4.69) is 4.74 Å². The Morgan fingerprint density at radius 2 is 1.68 bits per heavy atom. The van der Waals surface area contributed by atoms with Gasteiger partial charge in [0.05, 0.1) is 0 Å². The van der Waals surface area contributed by atoms with Gasteiger partial charge in [-0.15, -0.1) is 0 Å². The van der Waals surface area contributed by atoms with Crippen molar-refractivity contribution in [2.45, 2.75) is 37.8 Å². The molecule has 1 heterocycles. The quantitative estimate of drug-likeness (QED) is 0.461. The van der Waals surface area contributed by atoms with Crippen molar-refractivity contribution in [3.63, 3.8) is 0 Å². The van der Waals surface area contributed by atoms with Gasteiger partial charge in [0, 0.05) is 31.2 Å². The molecule has 14 heteroatoms. The van der Waals surface area contributed by atoms with Gasteiger partial charge >= 0.3 is 18.4 Å². The summed E-state index contributed by atoms with van der Waals surface area (Å²) >= 11 is 3.49. The Kier molecular flexibility index (Phi) is 8.59. The molecule has 1 aliphatic rings. The van der Waals surface area contributed by atoms with Gasteiger partial charge in [0.1, 0.15) is 0 Å². The zero-order valence-corrected chi connectivity index (χ0v) is 17.4. The molecule has 6 nitrogen and oxygen atoms in total. The first kappa shape index (κ1) is 25.7. The molecule has 0 spiro atoms. The van der Waals surface area contributed by atoms with Crippen molar-refractivity contribution in [3.05, 3.63) is 34.9 Å². The van der Waals surface area contributed by atoms with E-state index in [1.54, 1.807) is 24.3 Å². The number of carbonyl (C=O) groups is 1. The topological polar surface area (TPSA) is 70.1 Å². The maximum Gasteiger partial charge on any atom is 0.434 e. The van der Waals surface area contributed by atoms with Crippen LogP contribution in [0, 0.1) is 5.92 Å². The van der Waals surface area contributed by atoms with E-state index in [-0.39, 0.29) is 44.9 Å². The van der Waals surface area contributed by atoms with Crippen molar-refractivity contribution in [1.82, 2.24) is 9.21 Å². The first-order chi connectivity index (χ1) is 14.3. The standard InChI is InChI=1S/C17H19ClF6N2O4S/c18-13-3-1-11(2-4-13)9-26(31(28)29)10-12-5-7-25(8-6-12)15(27)30-14(16(19,20)21)17(22,23)24/h1-4,12,14H,5-10H2,(H,28,29). The molecule has 176 valence electrons. The third-order valence-electron chi connectivity index (χ3n) is 4.64. The first-order valence-electron chi connectivity index (χ1n) is 8.96. The van der Waals surface area contributed by atoms with Crippen molar-refractivity contribution < 1.29 is 44.6 Å². The zero-order valence-electron chi connectivity index (χ0n) is 15.8. The number of hydrogen-bond donors (Lipinski definition) is 1. The Morgan fingerprint density at radius 1 is 1.16 bits per heavy atom. The third kappa shape index (κ3) is 7.81. The Balaban J connectivity index is 1.91. The fourth-order valence-corrected chi connectivity index (χ4v) is 3.78. The summed E-state index contributed by atoms with van der Waals surface area (Å²) in [4.78, 5) is 12.6. The number of piperidine rings is 1. The van der Waals surface area contributed by atoms with Crippen LogP contribution in [0.25, 0.3) is 0 Å². The molecule has 1 fully saturated rings. The smallest absolute Gasteiger partial charge is 0.426 e. The molecular formula is C17H19ClF6N2O4S. The van der Waals surface area contributed by atoms with E-state index in [0.717, 1.165) is 10.5 Å². The zero-order chi connectivity index (χ0) is 23.4. The van der Waals surface area contributed by atoms with Crippen LogP contribution in [0.5, 0.6) is 0 Å². The lowest BCUT2D eigenvalue weighted by Crippen LogP contribution is -2.49. The second kappa shape index (κ2) is 10.4. The molecule has 0 aliphatic carbocycles. The molecule has 31 heavy (non-hydrogen) atoms. The minimum atomic E-state index is -5.78. The van der Waals surface area contributed by atoms with Gasteiger partial charge in [0.2, 0.25) is 11.3 Å². The van der Waals surface area contributed by atoms with Gasteiger partial charge < -0.3 is 9.64 Å². The molecule has 1 aromatic carbocycles. The van der Waals surface area contributed by atoms with E-state index in [1.165, 1.54) is 4.31 Å². The highest BCUT2D eigenvalue weighted by molar-refractivity contribution is 7.76. The van der Waals surface area contributed by atoms with E-state index >= 15 is 0 Å². The van der Waals surface area contributed by atoms with E-state index < -0.39 is 35.8 Å². The van der Waals surface area contributed by atoms with Crippen LogP contribution in [-0.2, 0) is 22.5 Å². The number of amides is 1. The van der Waals surface area contributed by atoms with Crippen molar-refractivity contribution in [2.24, 2.45) is 5.92 Å². The molecule has 1 amide bonds. The number of likely N-dealkylation sites (tertiary alicyclic amines) is 1. The second-order valence-electron chi connectivity index (χ2n) is 6.96. The molecule has 1 aliphatic heterocycles. The Morgan fingerprint density at radius 3 is 2.13 bits per heavy atom. The predicted octanol–water partition coefficient (Wildman–Crippen LogP) is 4.62. The molecule has 1 unspecified atom stereocenters. The maximum atomic E-state index is 12.5. The molecule has 1 N–H and O–H groups in total. The lowest BCUT2D eigenvalue weighted by molar-refractivity contribution is -0.308. The number of ether oxygens (including phenoxy) is 1. The molecule has 0 bridgehead atoms. The molecule has 1 aromatic rings. The normalized spacial score (nSPS) is 17.3. The number of carbonyl (C=O) groups excluding carboxylic acids is 1. The van der Waals surface area contributed by atoms with Crippen LogP contribution in [0.1, 0.15) is 18.4 Å². The van der Waals surface area contributed by atoms with Crippen LogP contribution in [-0.4, -0.2) is 62.2 Å². The van der Waals surface area contributed by atoms with Crippen molar-refractivity contribution in [1.29, 1.82) is 0 Å². The Bertz CT molecular complexity index is 755. The van der Waals surface area contributed by atoms with Crippen LogP contribution < -0.4 is 0 Å². The summed E-state index contributed by atoms with van der Waals surface area (Å²) in [6.45, 7) is -0.0126. The fraction of sp³-hybridized carbons (Fsp3) is 0.588. The minimum Gasteiger partial charge on any atom is -0.426 e. The Hall–Kier alpha value is -1.57. The van der Waals surface area contributed by atoms with Gasteiger partial charge in [-0.1, -0.05) is 23.7 Å². The van der Waals surface area contributed by atoms with Crippen molar-refractivity contribution in [2.75, 3.05) is 19.6 Å². The van der Waals surface area contributed by atoms with E-state index in [9.17, 15) is 39.9 Å². The van der Waals surface area contributed by atoms with Crippen molar-refractivity contribution in [3.8, 4) is 0 Å². The van der Waals surface area contributed by atoms with Gasteiger partial charge in [-0.2, -0.15) is 30.6 Å². The number of halogens is 7. The maximum absolute atomic E-state index is 12.5. The summed E-state index contributed by atoms with van der Waals surface area (Å²) in [5.74, 6) is -0.200. The van der Waals surface area contributed by atoms with E-state index in [0.29, 0.717) is 5.02 Å². The molecule has 0 radical (unpaired) electrons. The predicted molar refractivity (Wildman–Crippen MR) is 99.3 cm³/mol. The summed E-state index contributed by atoms with van der Waals surface area (Å²) in [5.41, 5.74) is 0.721. The first-order valence-corrected chi connectivity index (χ1v) is 10.4. The lowest BCUT2D eigenvalue weighted by Gasteiger charge is -2.34. The van der Waals surface area contributed by atoms with E-state index in [4.69, 9.17) is 11.6 Å². The Labute approximate surface area is 181 Å². The largest absolute Gasteiger partial charge is 0.434 e. The van der Waals surface area contributed by atoms with Gasteiger partial charge in [-0.3, -0.25) is 4.55 Å². The van der Waals surface area contributed by atoms with Crippen LogP contribution >= 0.6 is 11.6 Å². The third-order valence-corrected chi connectivity index (χ3v) is 5.61. The molecule has 0 aromatic heterocycles. The van der Waals surface area contributed by atoms with Gasteiger partial charge in [-0.05, 0) is 36.5 Å². The SMILES string of the molecule is O=C(OC(C(F)(F)F)C(F)(F)F)N1CCC(CN(Cc2ccc(Cl)cc2)S(=O)O)CC1. The summed E-state index contributed by atoms with van der Waals surface area (Å²) in [5, 5.41) is 0.498. The lowest BCUT2D eigenvalue weighted by atomic mass is 9.97. The molecule has 2 rings (SSSR count). The highest BCUT2D eigenvalue weighted by atomic mass is 35.5. The molecule has 1 atom stereocenters. The fourth-order valence-electron chi connectivity index (χ4n) is 3.06. The average Bonchev–Trinajstić information content (AvgIpc) is 2.65. The van der Waals surface area contributed by atoms with Crippen molar-refractivity contribution >= 4 is 29.0 Å². The van der Waals surface area contributed by atoms with E-state index in [1.807, 2.05) is 0 Å². The number of rotatable bonds is 6. The van der Waals surface area contributed by atoms with Gasteiger partial charge in [0.25, 0.3) is 6.10 Å². The number of nitrogens with zero attached hydrogens (tertiary/aromatic N) is 2. The average molecular weight is 497 g/mol. The highest BCUT2D eigenvalue weighted by Crippen LogP contribution is 2.36. The van der Waals surface area contributed by atoms with Gasteiger partial charge in [-0.25, -0.2) is 9.00 Å². The summed E-state index contributed by atoms with van der Waals surface area (Å²) in [7, 11) is 0. The number of benzene rings is 1. The summed E-state index contributed by atoms with van der Waals surface area (Å²) in [6, 6.07) is 6.60.